The highest BCUT2D eigenvalue weighted by Crippen LogP contribution is 2.47. The van der Waals surface area contributed by atoms with Gasteiger partial charge in [-0.25, -0.2) is 0 Å². The fourth-order valence-corrected chi connectivity index (χ4v) is 3.21. The molecule has 0 atom stereocenters. The van der Waals surface area contributed by atoms with Gasteiger partial charge in [-0.1, -0.05) is 27.7 Å². The first-order valence-corrected chi connectivity index (χ1v) is 7.61. The minimum absolute atomic E-state index is 0.0274. The summed E-state index contributed by atoms with van der Waals surface area (Å²) >= 11 is 3.53. The number of carboxylic acids is 1. The van der Waals surface area contributed by atoms with Crippen molar-refractivity contribution in [2.24, 2.45) is 0 Å². The number of benzene rings is 1. The molecule has 4 nitrogen and oxygen atoms in total. The minimum atomic E-state index is -0.833. The van der Waals surface area contributed by atoms with Gasteiger partial charge in [0, 0.05) is 11.0 Å². The zero-order valence-electron chi connectivity index (χ0n) is 13.4. The Kier molecular flexibility index (Phi) is 5.68. The first kappa shape index (κ1) is 17.8. The molecule has 1 rings (SSSR count). The molecule has 118 valence electrons. The van der Waals surface area contributed by atoms with Gasteiger partial charge in [0.25, 0.3) is 0 Å². The van der Waals surface area contributed by atoms with Crippen LogP contribution < -0.4 is 9.47 Å². The minimum Gasteiger partial charge on any atom is -0.495 e. The second kappa shape index (κ2) is 6.69. The Hall–Kier alpha value is -1.23. The van der Waals surface area contributed by atoms with Crippen LogP contribution in [0.4, 0.5) is 0 Å². The molecule has 0 saturated heterocycles. The number of rotatable bonds is 6. The molecule has 1 N–H and O–H groups in total. The van der Waals surface area contributed by atoms with E-state index in [4.69, 9.17) is 14.6 Å². The van der Waals surface area contributed by atoms with Crippen molar-refractivity contribution in [2.45, 2.75) is 45.4 Å². The van der Waals surface area contributed by atoms with Crippen LogP contribution in [-0.2, 0) is 10.2 Å². The van der Waals surface area contributed by atoms with E-state index in [-0.39, 0.29) is 12.3 Å². The molecule has 0 aromatic heterocycles. The molecule has 5 heteroatoms. The van der Waals surface area contributed by atoms with Crippen molar-refractivity contribution in [3.05, 3.63) is 21.7 Å². The third-order valence-corrected chi connectivity index (χ3v) is 4.28. The zero-order chi connectivity index (χ0) is 16.4. The van der Waals surface area contributed by atoms with E-state index in [0.717, 1.165) is 21.3 Å². The molecule has 0 fully saturated rings. The highest BCUT2D eigenvalue weighted by molar-refractivity contribution is 9.10. The lowest BCUT2D eigenvalue weighted by atomic mass is 9.79. The number of halogens is 1. The summed E-state index contributed by atoms with van der Waals surface area (Å²) in [5, 5.41) is 9.15. The number of aliphatic carboxylic acids is 1. The first-order valence-electron chi connectivity index (χ1n) is 6.82. The van der Waals surface area contributed by atoms with Crippen LogP contribution in [0.25, 0.3) is 0 Å². The third kappa shape index (κ3) is 3.70. The summed E-state index contributed by atoms with van der Waals surface area (Å²) < 4.78 is 11.7. The van der Waals surface area contributed by atoms with Gasteiger partial charge in [-0.15, -0.1) is 0 Å². The van der Waals surface area contributed by atoms with Gasteiger partial charge < -0.3 is 14.6 Å². The number of methoxy groups -OCH3 is 2. The van der Waals surface area contributed by atoms with E-state index in [9.17, 15) is 4.79 Å². The molecular formula is C16H23BrO4. The van der Waals surface area contributed by atoms with Crippen LogP contribution in [0.3, 0.4) is 0 Å². The lowest BCUT2D eigenvalue weighted by molar-refractivity contribution is -0.138. The van der Waals surface area contributed by atoms with E-state index < -0.39 is 11.4 Å². The van der Waals surface area contributed by atoms with Crippen molar-refractivity contribution in [1.29, 1.82) is 0 Å². The van der Waals surface area contributed by atoms with E-state index in [2.05, 4.69) is 29.8 Å². The van der Waals surface area contributed by atoms with Crippen LogP contribution in [-0.4, -0.2) is 25.3 Å². The van der Waals surface area contributed by atoms with Gasteiger partial charge >= 0.3 is 5.97 Å². The van der Waals surface area contributed by atoms with E-state index >= 15 is 0 Å². The molecule has 0 unspecified atom stereocenters. The van der Waals surface area contributed by atoms with Crippen LogP contribution in [0.2, 0.25) is 0 Å². The average Bonchev–Trinajstić information content (AvgIpc) is 2.35. The maximum Gasteiger partial charge on any atom is 0.304 e. The summed E-state index contributed by atoms with van der Waals surface area (Å²) in [6.45, 7) is 7.96. The second-order valence-corrected chi connectivity index (χ2v) is 6.80. The van der Waals surface area contributed by atoms with Crippen molar-refractivity contribution < 1.29 is 19.4 Å². The molecule has 1 aromatic rings. The third-order valence-electron chi connectivity index (χ3n) is 3.56. The Morgan fingerprint density at radius 1 is 1.29 bits per heavy atom. The Labute approximate surface area is 134 Å². The molecule has 0 spiro atoms. The number of carboxylic acid groups (broad SMARTS) is 1. The standard InChI is InChI=1S/C16H23BrO4/c1-9(2)10-7-11(16(3,4)8-12(18)19)15(21-6)13(17)14(10)20-5/h7,9H,8H2,1-6H3,(H,18,19). The first-order chi connectivity index (χ1) is 9.65. The second-order valence-electron chi connectivity index (χ2n) is 6.00. The SMILES string of the molecule is COc1c(C(C)C)cc(C(C)(C)CC(=O)O)c(OC)c1Br. The van der Waals surface area contributed by atoms with Crippen molar-refractivity contribution in [3.63, 3.8) is 0 Å². The van der Waals surface area contributed by atoms with Gasteiger partial charge in [-0.2, -0.15) is 0 Å². The van der Waals surface area contributed by atoms with E-state index in [1.807, 2.05) is 19.9 Å². The molecule has 0 saturated carbocycles. The van der Waals surface area contributed by atoms with Gasteiger partial charge in [0.05, 0.1) is 20.6 Å². The van der Waals surface area contributed by atoms with Crippen molar-refractivity contribution in [2.75, 3.05) is 14.2 Å². The lowest BCUT2D eigenvalue weighted by Gasteiger charge is -2.28. The fourth-order valence-electron chi connectivity index (χ4n) is 2.45. The van der Waals surface area contributed by atoms with Crippen LogP contribution in [0.1, 0.15) is 51.2 Å². The maximum absolute atomic E-state index is 11.1. The number of carbonyl (C=O) groups is 1. The highest BCUT2D eigenvalue weighted by Gasteiger charge is 2.31. The largest absolute Gasteiger partial charge is 0.495 e. The molecular weight excluding hydrogens is 336 g/mol. The van der Waals surface area contributed by atoms with Crippen LogP contribution in [0.5, 0.6) is 11.5 Å². The lowest BCUT2D eigenvalue weighted by Crippen LogP contribution is -2.23. The summed E-state index contributed by atoms with van der Waals surface area (Å²) in [6.07, 6.45) is 0.0274. The van der Waals surface area contributed by atoms with Gasteiger partial charge in [-0.05, 0) is 33.5 Å². The Balaban J connectivity index is 3.61. The molecule has 1 aromatic carbocycles. The highest BCUT2D eigenvalue weighted by atomic mass is 79.9. The van der Waals surface area contributed by atoms with Crippen molar-refractivity contribution in [3.8, 4) is 11.5 Å². The van der Waals surface area contributed by atoms with Gasteiger partial charge in [0.15, 0.2) is 0 Å². The van der Waals surface area contributed by atoms with Crippen LogP contribution in [0.15, 0.2) is 10.5 Å². The quantitative estimate of drug-likeness (QED) is 0.821. The van der Waals surface area contributed by atoms with Crippen LogP contribution in [0, 0.1) is 0 Å². The van der Waals surface area contributed by atoms with Crippen molar-refractivity contribution in [1.82, 2.24) is 0 Å². The maximum atomic E-state index is 11.1. The molecule has 0 aliphatic carbocycles. The predicted molar refractivity (Wildman–Crippen MR) is 86.6 cm³/mol. The van der Waals surface area contributed by atoms with Crippen molar-refractivity contribution >= 4 is 21.9 Å². The molecule has 0 heterocycles. The predicted octanol–water partition coefficient (Wildman–Crippen LogP) is 4.34. The molecule has 0 radical (unpaired) electrons. The molecule has 0 aliphatic rings. The number of ether oxygens (including phenoxy) is 2. The average molecular weight is 359 g/mol. The normalized spacial score (nSPS) is 11.6. The molecule has 21 heavy (non-hydrogen) atoms. The van der Waals surface area contributed by atoms with Crippen LogP contribution >= 0.6 is 15.9 Å². The Bertz CT molecular complexity index is 536. The summed E-state index contributed by atoms with van der Waals surface area (Å²) in [6, 6.07) is 2.00. The topological polar surface area (TPSA) is 55.8 Å². The summed E-state index contributed by atoms with van der Waals surface area (Å²) in [4.78, 5) is 11.1. The van der Waals surface area contributed by atoms with E-state index in [1.54, 1.807) is 14.2 Å². The molecule has 0 bridgehead atoms. The number of hydrogen-bond acceptors (Lipinski definition) is 3. The fraction of sp³-hybridized carbons (Fsp3) is 0.562. The smallest absolute Gasteiger partial charge is 0.304 e. The molecule has 0 amide bonds. The van der Waals surface area contributed by atoms with E-state index in [0.29, 0.717) is 5.75 Å². The summed E-state index contributed by atoms with van der Waals surface area (Å²) in [5.74, 6) is 0.779. The summed E-state index contributed by atoms with van der Waals surface area (Å²) in [5.41, 5.74) is 1.35. The zero-order valence-corrected chi connectivity index (χ0v) is 15.0. The number of hydrogen-bond donors (Lipinski definition) is 1. The van der Waals surface area contributed by atoms with Gasteiger partial charge in [-0.3, -0.25) is 4.79 Å². The van der Waals surface area contributed by atoms with E-state index in [1.165, 1.54) is 0 Å². The Morgan fingerprint density at radius 2 is 1.81 bits per heavy atom. The van der Waals surface area contributed by atoms with Gasteiger partial charge in [0.1, 0.15) is 16.0 Å². The Morgan fingerprint density at radius 3 is 2.19 bits per heavy atom. The summed E-state index contributed by atoms with van der Waals surface area (Å²) in [7, 11) is 3.20. The van der Waals surface area contributed by atoms with Gasteiger partial charge in [0.2, 0.25) is 0 Å². The monoisotopic (exact) mass is 358 g/mol. The molecule has 0 aliphatic heterocycles.